The number of carbonyl (C=O) groups is 3. The molecule has 2 aliphatic carbocycles. The number of amides is 3. The molecule has 2 heterocycles. The number of hydrogen-bond acceptors (Lipinski definition) is 6. The van der Waals surface area contributed by atoms with E-state index in [1.807, 2.05) is 12.2 Å². The van der Waals surface area contributed by atoms with E-state index >= 15 is 0 Å². The van der Waals surface area contributed by atoms with E-state index in [4.69, 9.17) is 12.2 Å². The van der Waals surface area contributed by atoms with E-state index in [9.17, 15) is 14.4 Å². The van der Waals surface area contributed by atoms with Gasteiger partial charge in [0.15, 0.2) is 4.32 Å². The van der Waals surface area contributed by atoms with Crippen LogP contribution >= 0.6 is 24.0 Å². The third kappa shape index (κ3) is 1.94. The zero-order chi connectivity index (χ0) is 16.5. The molecule has 0 unspecified atom stereocenters. The van der Waals surface area contributed by atoms with E-state index in [2.05, 4.69) is 0 Å². The molecular formula is C15H15N3O3S2. The second kappa shape index (κ2) is 4.91. The molecule has 2 aliphatic heterocycles. The van der Waals surface area contributed by atoms with Gasteiger partial charge in [-0.05, 0) is 30.5 Å². The molecule has 0 spiro atoms. The molecule has 4 atom stereocenters. The van der Waals surface area contributed by atoms with Crippen LogP contribution in [0, 0.1) is 23.7 Å². The van der Waals surface area contributed by atoms with Gasteiger partial charge in [-0.15, -0.1) is 0 Å². The number of thioether (sulfide) groups is 1. The molecule has 2 saturated heterocycles. The second-order valence-corrected chi connectivity index (χ2v) is 8.11. The summed E-state index contributed by atoms with van der Waals surface area (Å²) < 4.78 is 0.227. The minimum atomic E-state index is -0.407. The predicted octanol–water partition coefficient (Wildman–Crippen LogP) is 0.972. The molecule has 0 aromatic heterocycles. The van der Waals surface area contributed by atoms with Gasteiger partial charge >= 0.3 is 0 Å². The highest BCUT2D eigenvalue weighted by molar-refractivity contribution is 8.26. The third-order valence-corrected chi connectivity index (χ3v) is 6.07. The quantitative estimate of drug-likeness (QED) is 0.320. The van der Waals surface area contributed by atoms with Crippen molar-refractivity contribution < 1.29 is 14.4 Å². The van der Waals surface area contributed by atoms with Gasteiger partial charge in [0, 0.05) is 20.3 Å². The normalized spacial score (nSPS) is 36.9. The van der Waals surface area contributed by atoms with E-state index in [0.29, 0.717) is 4.91 Å². The summed E-state index contributed by atoms with van der Waals surface area (Å²) in [7, 11) is 3.60. The lowest BCUT2D eigenvalue weighted by Crippen LogP contribution is -2.49. The first kappa shape index (κ1) is 14.9. The second-order valence-electron chi connectivity index (χ2n) is 6.43. The fourth-order valence-electron chi connectivity index (χ4n) is 3.94. The Balaban J connectivity index is 1.67. The summed E-state index contributed by atoms with van der Waals surface area (Å²) >= 11 is 6.35. The van der Waals surface area contributed by atoms with Crippen molar-refractivity contribution >= 4 is 46.0 Å². The molecule has 8 heteroatoms. The Bertz CT molecular complexity index is 685. The lowest BCUT2D eigenvalue weighted by atomic mass is 9.85. The molecule has 0 aromatic carbocycles. The summed E-state index contributed by atoms with van der Waals surface area (Å²) in [5.41, 5.74) is 0. The number of rotatable bonds is 2. The van der Waals surface area contributed by atoms with E-state index < -0.39 is 5.91 Å². The number of carbonyl (C=O) groups excluding carboxylic acids is 3. The van der Waals surface area contributed by atoms with Gasteiger partial charge in [-0.25, -0.2) is 0 Å². The van der Waals surface area contributed by atoms with Gasteiger partial charge < -0.3 is 4.90 Å². The molecule has 0 aromatic rings. The average Bonchev–Trinajstić information content (AvgIpc) is 3.19. The molecule has 120 valence electrons. The van der Waals surface area contributed by atoms with Gasteiger partial charge in [-0.3, -0.25) is 14.4 Å². The Labute approximate surface area is 143 Å². The molecule has 2 bridgehead atoms. The minimum Gasteiger partial charge on any atom is -0.382 e. The van der Waals surface area contributed by atoms with Crippen molar-refractivity contribution in [2.24, 2.45) is 23.7 Å². The molecule has 0 radical (unpaired) electrons. The highest BCUT2D eigenvalue weighted by atomic mass is 32.2. The maximum Gasteiger partial charge on any atom is 0.287 e. The zero-order valence-corrected chi connectivity index (χ0v) is 14.3. The summed E-state index contributed by atoms with van der Waals surface area (Å²) in [5.74, 6) is -1.43. The van der Waals surface area contributed by atoms with Gasteiger partial charge in [0.1, 0.15) is 0 Å². The molecule has 3 fully saturated rings. The maximum atomic E-state index is 12.8. The van der Waals surface area contributed by atoms with Gasteiger partial charge in [0.05, 0.1) is 16.7 Å². The topological polar surface area (TPSA) is 60.9 Å². The highest BCUT2D eigenvalue weighted by Gasteiger charge is 2.62. The number of thiocarbonyl (C=S) groups is 1. The largest absolute Gasteiger partial charge is 0.382 e. The van der Waals surface area contributed by atoms with Crippen molar-refractivity contribution in [3.05, 3.63) is 23.3 Å². The Hall–Kier alpha value is -1.67. The number of hydrogen-bond donors (Lipinski definition) is 0. The summed E-state index contributed by atoms with van der Waals surface area (Å²) in [5, 5.41) is 2.08. The van der Waals surface area contributed by atoms with Gasteiger partial charge in [-0.2, -0.15) is 10.0 Å². The molecule has 4 aliphatic rings. The summed E-state index contributed by atoms with van der Waals surface area (Å²) in [6, 6.07) is 0. The lowest BCUT2D eigenvalue weighted by Gasteiger charge is -2.25. The van der Waals surface area contributed by atoms with Crippen LogP contribution in [0.2, 0.25) is 0 Å². The molecule has 6 nitrogen and oxygen atoms in total. The number of nitrogens with zero attached hydrogens (tertiary/aromatic N) is 3. The van der Waals surface area contributed by atoms with Crippen molar-refractivity contribution in [1.29, 1.82) is 0 Å². The third-order valence-electron chi connectivity index (χ3n) is 4.80. The van der Waals surface area contributed by atoms with Crippen LogP contribution in [0.4, 0.5) is 0 Å². The standard InChI is InChI=1S/C15H15N3O3S2/c1-16(2)6-9-12(19)18(15(22)23-9)17-13(20)10-7-3-4-8(5-7)11(10)14(17)21/h3-4,6-8,10-11H,5H2,1-2H3/b9-6-/t7-,8-,10+,11+/m0/s1. The lowest BCUT2D eigenvalue weighted by molar-refractivity contribution is -0.159. The fourth-order valence-corrected chi connectivity index (χ4v) is 5.25. The first-order valence-electron chi connectivity index (χ1n) is 7.40. The van der Waals surface area contributed by atoms with Crippen LogP contribution < -0.4 is 0 Å². The van der Waals surface area contributed by atoms with Crippen LogP contribution in [0.1, 0.15) is 6.42 Å². The van der Waals surface area contributed by atoms with E-state index in [1.54, 1.807) is 25.2 Å². The molecule has 4 rings (SSSR count). The Morgan fingerprint density at radius 3 is 2.22 bits per heavy atom. The average molecular weight is 349 g/mol. The number of hydrazine groups is 1. The molecular weight excluding hydrogens is 334 g/mol. The van der Waals surface area contributed by atoms with Gasteiger partial charge in [0.2, 0.25) is 0 Å². The van der Waals surface area contributed by atoms with Crippen LogP contribution in [0.25, 0.3) is 0 Å². The van der Waals surface area contributed by atoms with Crippen molar-refractivity contribution in [3.63, 3.8) is 0 Å². The first-order valence-corrected chi connectivity index (χ1v) is 8.63. The van der Waals surface area contributed by atoms with Gasteiger partial charge in [-0.1, -0.05) is 23.9 Å². The van der Waals surface area contributed by atoms with Crippen molar-refractivity contribution in [1.82, 2.24) is 14.9 Å². The summed E-state index contributed by atoms with van der Waals surface area (Å²) in [6.45, 7) is 0. The highest BCUT2D eigenvalue weighted by Crippen LogP contribution is 2.53. The summed E-state index contributed by atoms with van der Waals surface area (Å²) in [4.78, 5) is 40.3. The molecule has 0 N–H and O–H groups in total. The van der Waals surface area contributed by atoms with Crippen molar-refractivity contribution in [2.75, 3.05) is 14.1 Å². The molecule has 23 heavy (non-hydrogen) atoms. The van der Waals surface area contributed by atoms with Gasteiger partial charge in [0.25, 0.3) is 17.7 Å². The Morgan fingerprint density at radius 1 is 1.13 bits per heavy atom. The van der Waals surface area contributed by atoms with Crippen LogP contribution in [0.3, 0.4) is 0 Å². The number of fused-ring (bicyclic) bond motifs is 5. The Morgan fingerprint density at radius 2 is 1.70 bits per heavy atom. The molecule has 1 saturated carbocycles. The molecule has 3 amide bonds. The van der Waals surface area contributed by atoms with E-state index in [1.165, 1.54) is 0 Å². The monoisotopic (exact) mass is 349 g/mol. The zero-order valence-electron chi connectivity index (χ0n) is 12.6. The van der Waals surface area contributed by atoms with Crippen LogP contribution in [-0.2, 0) is 14.4 Å². The smallest absolute Gasteiger partial charge is 0.287 e. The Kier molecular flexibility index (Phi) is 3.18. The SMILES string of the molecule is CN(C)/C=C1\SC(=S)N(N2C(=O)[C@H]3[C@H](C2=O)[C@H]2C=C[C@H]3C2)C1=O. The van der Waals surface area contributed by atoms with E-state index in [0.717, 1.165) is 28.2 Å². The van der Waals surface area contributed by atoms with E-state index in [-0.39, 0.29) is 39.8 Å². The maximum absolute atomic E-state index is 12.8. The predicted molar refractivity (Wildman–Crippen MR) is 88.4 cm³/mol. The van der Waals surface area contributed by atoms with Crippen molar-refractivity contribution in [2.45, 2.75) is 6.42 Å². The first-order chi connectivity index (χ1) is 10.9. The minimum absolute atomic E-state index is 0.113. The van der Waals surface area contributed by atoms with Crippen LogP contribution in [0.5, 0.6) is 0 Å². The van der Waals surface area contributed by atoms with Crippen LogP contribution in [-0.4, -0.2) is 51.1 Å². The van der Waals surface area contributed by atoms with Crippen molar-refractivity contribution in [3.8, 4) is 0 Å². The number of imide groups is 1. The number of allylic oxidation sites excluding steroid dienone is 2. The fraction of sp³-hybridized carbons (Fsp3) is 0.467. The summed E-state index contributed by atoms with van der Waals surface area (Å²) in [6.07, 6.45) is 6.56. The van der Waals surface area contributed by atoms with Crippen LogP contribution in [0.15, 0.2) is 23.3 Å².